The summed E-state index contributed by atoms with van der Waals surface area (Å²) in [6, 6.07) is 14.6. The fourth-order valence-corrected chi connectivity index (χ4v) is 2.75. The van der Waals surface area contributed by atoms with Crippen LogP contribution in [0.25, 0.3) is 16.8 Å². The van der Waals surface area contributed by atoms with Crippen LogP contribution < -0.4 is 10.9 Å². The van der Waals surface area contributed by atoms with Gasteiger partial charge >= 0.3 is 0 Å². The minimum absolute atomic E-state index is 0.0817. The quantitative estimate of drug-likeness (QED) is 0.616. The number of rotatable bonds is 3. The molecular weight excluding hydrogens is 332 g/mol. The predicted octanol–water partition coefficient (Wildman–Crippen LogP) is 2.91. The van der Waals surface area contributed by atoms with E-state index >= 15 is 0 Å². The minimum Gasteiger partial charge on any atom is -0.337 e. The van der Waals surface area contributed by atoms with Gasteiger partial charge in [-0.15, -0.1) is 0 Å². The van der Waals surface area contributed by atoms with Crippen molar-refractivity contribution >= 4 is 17.4 Å². The maximum atomic E-state index is 12.6. The van der Waals surface area contributed by atoms with Crippen molar-refractivity contribution in [2.45, 2.75) is 6.92 Å². The number of hydrogen-bond donors (Lipinski definition) is 1. The predicted molar refractivity (Wildman–Crippen MR) is 96.1 cm³/mol. The van der Waals surface area contributed by atoms with Gasteiger partial charge in [-0.2, -0.15) is 0 Å². The first-order valence-electron chi connectivity index (χ1n) is 7.94. The fourth-order valence-electron chi connectivity index (χ4n) is 2.75. The molecule has 0 spiro atoms. The van der Waals surface area contributed by atoms with E-state index in [9.17, 15) is 9.59 Å². The Balaban J connectivity index is 1.72. The summed E-state index contributed by atoms with van der Waals surface area (Å²) < 4.78 is 6.58. The highest BCUT2D eigenvalue weighted by molar-refractivity contribution is 6.05. The summed E-state index contributed by atoms with van der Waals surface area (Å²) in [6.07, 6.45) is 2.83. The summed E-state index contributed by atoms with van der Waals surface area (Å²) in [7, 11) is 0. The van der Waals surface area contributed by atoms with Gasteiger partial charge in [-0.3, -0.25) is 19.3 Å². The van der Waals surface area contributed by atoms with E-state index in [2.05, 4.69) is 15.5 Å². The van der Waals surface area contributed by atoms with Crippen molar-refractivity contribution in [2.24, 2.45) is 0 Å². The van der Waals surface area contributed by atoms with Gasteiger partial charge in [0.15, 0.2) is 0 Å². The van der Waals surface area contributed by atoms with E-state index in [1.54, 1.807) is 31.3 Å². The summed E-state index contributed by atoms with van der Waals surface area (Å²) in [6.45, 7) is 1.79. The Hall–Kier alpha value is -3.74. The first kappa shape index (κ1) is 15.8. The normalized spacial score (nSPS) is 10.8. The first-order valence-corrected chi connectivity index (χ1v) is 7.94. The second kappa shape index (κ2) is 6.29. The van der Waals surface area contributed by atoms with Crippen molar-refractivity contribution in [2.75, 3.05) is 5.32 Å². The minimum atomic E-state index is -0.603. The Labute approximate surface area is 147 Å². The molecule has 7 heteroatoms. The van der Waals surface area contributed by atoms with Gasteiger partial charge < -0.3 is 4.52 Å². The molecule has 0 radical (unpaired) electrons. The average molecular weight is 346 g/mol. The molecule has 0 saturated heterocycles. The third-order valence-electron chi connectivity index (χ3n) is 4.01. The van der Waals surface area contributed by atoms with Gasteiger partial charge in [0.1, 0.15) is 11.2 Å². The second-order valence-electron chi connectivity index (χ2n) is 5.70. The zero-order valence-electron chi connectivity index (χ0n) is 13.8. The SMILES string of the molecule is Cc1noc(NC(=O)c2cnc3ccccn3c2=O)c1-c1ccccc1. The topological polar surface area (TPSA) is 89.5 Å². The highest BCUT2D eigenvalue weighted by atomic mass is 16.5. The third-order valence-corrected chi connectivity index (χ3v) is 4.01. The molecule has 3 aromatic heterocycles. The molecule has 0 aliphatic rings. The van der Waals surface area contributed by atoms with Crippen LogP contribution in [0.1, 0.15) is 16.1 Å². The van der Waals surface area contributed by atoms with Crippen LogP contribution in [0.5, 0.6) is 0 Å². The second-order valence-corrected chi connectivity index (χ2v) is 5.70. The summed E-state index contributed by atoms with van der Waals surface area (Å²) in [5.74, 6) is -0.412. The zero-order valence-corrected chi connectivity index (χ0v) is 13.8. The lowest BCUT2D eigenvalue weighted by atomic mass is 10.1. The number of hydrogen-bond acceptors (Lipinski definition) is 5. The van der Waals surface area contributed by atoms with Crippen molar-refractivity contribution < 1.29 is 9.32 Å². The molecule has 4 aromatic rings. The van der Waals surface area contributed by atoms with Gasteiger partial charge in [0.05, 0.1) is 11.3 Å². The number of carbonyl (C=O) groups excluding carboxylic acids is 1. The maximum Gasteiger partial charge on any atom is 0.270 e. The number of carbonyl (C=O) groups is 1. The molecule has 0 unspecified atom stereocenters. The van der Waals surface area contributed by atoms with Crippen LogP contribution in [0.4, 0.5) is 5.88 Å². The van der Waals surface area contributed by atoms with Crippen LogP contribution in [-0.2, 0) is 0 Å². The number of aryl methyl sites for hydroxylation is 1. The van der Waals surface area contributed by atoms with E-state index in [-0.39, 0.29) is 11.4 Å². The molecule has 1 amide bonds. The Kier molecular flexibility index (Phi) is 3.81. The first-order chi connectivity index (χ1) is 12.6. The van der Waals surface area contributed by atoms with E-state index in [0.717, 1.165) is 5.56 Å². The van der Waals surface area contributed by atoms with Gasteiger partial charge in [0, 0.05) is 12.4 Å². The zero-order chi connectivity index (χ0) is 18.1. The van der Waals surface area contributed by atoms with Crippen molar-refractivity contribution in [3.8, 4) is 11.1 Å². The summed E-state index contributed by atoms with van der Waals surface area (Å²) in [5.41, 5.74) is 2.10. The molecule has 0 atom stereocenters. The summed E-state index contributed by atoms with van der Waals surface area (Å²) >= 11 is 0. The average Bonchev–Trinajstić information content (AvgIpc) is 3.03. The third kappa shape index (κ3) is 2.65. The highest BCUT2D eigenvalue weighted by Crippen LogP contribution is 2.31. The molecule has 4 rings (SSSR count). The molecule has 3 heterocycles. The number of nitrogens with zero attached hydrogens (tertiary/aromatic N) is 3. The van der Waals surface area contributed by atoms with E-state index in [0.29, 0.717) is 16.9 Å². The number of nitrogens with one attached hydrogen (secondary N) is 1. The molecule has 26 heavy (non-hydrogen) atoms. The van der Waals surface area contributed by atoms with Crippen molar-refractivity contribution in [3.63, 3.8) is 0 Å². The van der Waals surface area contributed by atoms with Crippen LogP contribution in [0.2, 0.25) is 0 Å². The summed E-state index contributed by atoms with van der Waals surface area (Å²) in [5, 5.41) is 6.55. The highest BCUT2D eigenvalue weighted by Gasteiger charge is 2.20. The Morgan fingerprint density at radius 1 is 1.12 bits per heavy atom. The largest absolute Gasteiger partial charge is 0.337 e. The number of benzene rings is 1. The maximum absolute atomic E-state index is 12.6. The van der Waals surface area contributed by atoms with E-state index < -0.39 is 11.5 Å². The lowest BCUT2D eigenvalue weighted by Crippen LogP contribution is -2.26. The van der Waals surface area contributed by atoms with Gasteiger partial charge in [-0.25, -0.2) is 4.98 Å². The lowest BCUT2D eigenvalue weighted by molar-refractivity contribution is 0.102. The number of aromatic nitrogens is 3. The molecule has 0 aliphatic carbocycles. The molecule has 0 bridgehead atoms. The van der Waals surface area contributed by atoms with Crippen LogP contribution in [0.15, 0.2) is 70.2 Å². The van der Waals surface area contributed by atoms with Gasteiger partial charge in [-0.1, -0.05) is 41.6 Å². The molecule has 1 N–H and O–H groups in total. The van der Waals surface area contributed by atoms with Crippen LogP contribution in [0.3, 0.4) is 0 Å². The van der Waals surface area contributed by atoms with Gasteiger partial charge in [0.25, 0.3) is 11.5 Å². The van der Waals surface area contributed by atoms with Crippen LogP contribution >= 0.6 is 0 Å². The number of anilines is 1. The Morgan fingerprint density at radius 3 is 2.69 bits per heavy atom. The molecule has 0 aliphatic heterocycles. The molecule has 0 saturated carbocycles. The number of pyridine rings is 1. The van der Waals surface area contributed by atoms with Crippen LogP contribution in [-0.4, -0.2) is 20.4 Å². The van der Waals surface area contributed by atoms with E-state index in [1.165, 1.54) is 10.6 Å². The van der Waals surface area contributed by atoms with E-state index in [4.69, 9.17) is 4.52 Å². The van der Waals surface area contributed by atoms with Crippen LogP contribution in [0, 0.1) is 6.92 Å². The van der Waals surface area contributed by atoms with Crippen molar-refractivity contribution in [1.82, 2.24) is 14.5 Å². The van der Waals surface area contributed by atoms with Crippen molar-refractivity contribution in [3.05, 3.63) is 82.5 Å². The lowest BCUT2D eigenvalue weighted by Gasteiger charge is -2.06. The Morgan fingerprint density at radius 2 is 1.88 bits per heavy atom. The fraction of sp³-hybridized carbons (Fsp3) is 0.0526. The standard InChI is InChI=1S/C19H14N4O3/c1-12-16(13-7-3-2-4-8-13)18(26-22-12)21-17(24)14-11-20-15-9-5-6-10-23(15)19(14)25/h2-11H,1H3,(H,21,24). The monoisotopic (exact) mass is 346 g/mol. The molecule has 1 aromatic carbocycles. The van der Waals surface area contributed by atoms with Gasteiger partial charge in [-0.05, 0) is 24.6 Å². The number of amides is 1. The summed E-state index contributed by atoms with van der Waals surface area (Å²) in [4.78, 5) is 29.3. The van der Waals surface area contributed by atoms with E-state index in [1.807, 2.05) is 30.3 Å². The molecule has 7 nitrogen and oxygen atoms in total. The smallest absolute Gasteiger partial charge is 0.270 e. The van der Waals surface area contributed by atoms with Crippen molar-refractivity contribution in [1.29, 1.82) is 0 Å². The molecule has 0 fully saturated rings. The Bertz CT molecular complexity index is 1160. The molecular formula is C19H14N4O3. The molecule has 128 valence electrons. The van der Waals surface area contributed by atoms with Gasteiger partial charge in [0.2, 0.25) is 5.88 Å². The number of fused-ring (bicyclic) bond motifs is 1.